The summed E-state index contributed by atoms with van der Waals surface area (Å²) in [5.74, 6) is -1.61. The van der Waals surface area contributed by atoms with Crippen molar-refractivity contribution in [2.75, 3.05) is 14.1 Å². The summed E-state index contributed by atoms with van der Waals surface area (Å²) in [4.78, 5) is 50.3. The highest BCUT2D eigenvalue weighted by Crippen LogP contribution is 2.40. The predicted molar refractivity (Wildman–Crippen MR) is 79.2 cm³/mol. The number of nitrogens with zero attached hydrogens (tertiary/aromatic N) is 2. The molecule has 6 nitrogen and oxygen atoms in total. The molecule has 0 N–H and O–H groups in total. The fraction of sp³-hybridized carbons (Fsp3) is 0.235. The molecule has 0 saturated carbocycles. The van der Waals surface area contributed by atoms with Crippen LogP contribution in [0.1, 0.15) is 6.42 Å². The zero-order valence-corrected chi connectivity index (χ0v) is 12.6. The average Bonchev–Trinajstić information content (AvgIpc) is 3.15. The van der Waals surface area contributed by atoms with E-state index in [1.807, 2.05) is 0 Å². The summed E-state index contributed by atoms with van der Waals surface area (Å²) in [5, 5.41) is 0. The number of imide groups is 2. The second-order valence-electron chi connectivity index (χ2n) is 6.00. The number of hydrogen-bond acceptors (Lipinski definition) is 4. The molecule has 1 radical (unpaired) electrons. The van der Waals surface area contributed by atoms with E-state index in [1.54, 1.807) is 24.6 Å². The first-order valence-corrected chi connectivity index (χ1v) is 7.25. The van der Waals surface area contributed by atoms with Gasteiger partial charge in [0.05, 0.1) is 5.92 Å². The van der Waals surface area contributed by atoms with Gasteiger partial charge >= 0.3 is 0 Å². The number of likely N-dealkylation sites (N-methyl/N-ethyl adjacent to an activating group) is 2. The quantitative estimate of drug-likeness (QED) is 0.603. The summed E-state index contributed by atoms with van der Waals surface area (Å²) in [6, 6.07) is 0. The summed E-state index contributed by atoms with van der Waals surface area (Å²) in [7, 11) is 2.94. The standard InChI is InChI=1S/C17H13N2O4/c1-18-14(20)10-4-3-8(5-11(10)15(18)21)9-6-12-13(7-9)17(23)19(2)16(12)22/h3-6,10H,7H2,1-2H3/b9-8-. The highest BCUT2D eigenvalue weighted by Gasteiger charge is 2.43. The minimum absolute atomic E-state index is 0.232. The van der Waals surface area contributed by atoms with Gasteiger partial charge in [-0.05, 0) is 17.2 Å². The first-order chi connectivity index (χ1) is 10.9. The zero-order valence-electron chi connectivity index (χ0n) is 12.6. The highest BCUT2D eigenvalue weighted by molar-refractivity contribution is 6.22. The fourth-order valence-corrected chi connectivity index (χ4v) is 3.36. The van der Waals surface area contributed by atoms with Gasteiger partial charge in [0.1, 0.15) is 0 Å². The van der Waals surface area contributed by atoms with E-state index in [4.69, 9.17) is 0 Å². The molecule has 1 atom stereocenters. The van der Waals surface area contributed by atoms with Gasteiger partial charge in [0.2, 0.25) is 5.91 Å². The van der Waals surface area contributed by atoms with Crippen molar-refractivity contribution in [3.05, 3.63) is 52.5 Å². The molecule has 4 rings (SSSR count). The number of hydrogen-bond donors (Lipinski definition) is 0. The lowest BCUT2D eigenvalue weighted by Gasteiger charge is -2.14. The van der Waals surface area contributed by atoms with Crippen molar-refractivity contribution in [1.82, 2.24) is 9.80 Å². The molecule has 0 aromatic carbocycles. The van der Waals surface area contributed by atoms with Crippen molar-refractivity contribution in [3.8, 4) is 0 Å². The van der Waals surface area contributed by atoms with Crippen molar-refractivity contribution in [1.29, 1.82) is 0 Å². The van der Waals surface area contributed by atoms with Gasteiger partial charge in [-0.15, -0.1) is 0 Å². The molecule has 2 aliphatic carbocycles. The van der Waals surface area contributed by atoms with E-state index in [2.05, 4.69) is 0 Å². The Morgan fingerprint density at radius 3 is 2.43 bits per heavy atom. The Labute approximate surface area is 132 Å². The Balaban J connectivity index is 1.70. The van der Waals surface area contributed by atoms with Crippen LogP contribution in [0.25, 0.3) is 0 Å². The highest BCUT2D eigenvalue weighted by atomic mass is 16.2. The average molecular weight is 309 g/mol. The third kappa shape index (κ3) is 1.69. The van der Waals surface area contributed by atoms with Crippen molar-refractivity contribution in [2.24, 2.45) is 5.92 Å². The van der Waals surface area contributed by atoms with Crippen molar-refractivity contribution in [2.45, 2.75) is 6.42 Å². The van der Waals surface area contributed by atoms with Crippen LogP contribution < -0.4 is 0 Å². The van der Waals surface area contributed by atoms with E-state index in [0.717, 1.165) is 20.9 Å². The lowest BCUT2D eigenvalue weighted by Crippen LogP contribution is -2.28. The van der Waals surface area contributed by atoms with E-state index in [-0.39, 0.29) is 23.6 Å². The van der Waals surface area contributed by atoms with E-state index in [1.165, 1.54) is 14.1 Å². The van der Waals surface area contributed by atoms with Crippen molar-refractivity contribution in [3.63, 3.8) is 0 Å². The largest absolute Gasteiger partial charge is 0.281 e. The molecule has 0 aromatic rings. The molecular weight excluding hydrogens is 296 g/mol. The Morgan fingerprint density at radius 1 is 1.00 bits per heavy atom. The fourth-order valence-electron chi connectivity index (χ4n) is 3.36. The van der Waals surface area contributed by atoms with Gasteiger partial charge in [0.15, 0.2) is 0 Å². The number of likely N-dealkylation sites (tertiary alicyclic amines) is 2. The summed E-state index contributed by atoms with van der Waals surface area (Å²) in [6.07, 6.45) is 7.26. The molecule has 1 fully saturated rings. The van der Waals surface area contributed by atoms with Crippen LogP contribution in [0.3, 0.4) is 0 Å². The van der Waals surface area contributed by atoms with Crippen LogP contribution >= 0.6 is 0 Å². The third-order valence-electron chi connectivity index (χ3n) is 4.74. The molecular formula is C17H13N2O4. The molecule has 1 unspecified atom stereocenters. The summed E-state index contributed by atoms with van der Waals surface area (Å²) in [6.45, 7) is 0. The monoisotopic (exact) mass is 309 g/mol. The second-order valence-corrected chi connectivity index (χ2v) is 6.00. The van der Waals surface area contributed by atoms with Crippen LogP contribution in [0.2, 0.25) is 0 Å². The number of allylic oxidation sites excluding steroid dienone is 4. The maximum Gasteiger partial charge on any atom is 0.257 e. The van der Waals surface area contributed by atoms with Gasteiger partial charge in [-0.1, -0.05) is 12.2 Å². The predicted octanol–water partition coefficient (Wildman–Crippen LogP) is 0.297. The molecule has 2 heterocycles. The summed E-state index contributed by atoms with van der Waals surface area (Å²) < 4.78 is 0. The van der Waals surface area contributed by atoms with Gasteiger partial charge in [-0.3, -0.25) is 29.0 Å². The van der Waals surface area contributed by atoms with Gasteiger partial charge in [-0.25, -0.2) is 0 Å². The smallest absolute Gasteiger partial charge is 0.257 e. The Bertz CT molecular complexity index is 811. The van der Waals surface area contributed by atoms with Gasteiger partial charge in [-0.2, -0.15) is 0 Å². The molecule has 0 spiro atoms. The maximum absolute atomic E-state index is 12.1. The first kappa shape index (κ1) is 13.9. The Kier molecular flexibility index (Phi) is 2.64. The van der Waals surface area contributed by atoms with Crippen LogP contribution in [0, 0.1) is 12.3 Å². The van der Waals surface area contributed by atoms with Gasteiger partial charge in [0, 0.05) is 43.7 Å². The van der Waals surface area contributed by atoms with Crippen LogP contribution in [-0.2, 0) is 19.2 Å². The molecule has 115 valence electrons. The van der Waals surface area contributed by atoms with Crippen molar-refractivity contribution >= 4 is 23.6 Å². The summed E-state index contributed by atoms with van der Waals surface area (Å²) >= 11 is 0. The third-order valence-corrected chi connectivity index (χ3v) is 4.74. The van der Waals surface area contributed by atoms with Crippen LogP contribution in [0.4, 0.5) is 0 Å². The number of fused-ring (bicyclic) bond motifs is 1. The second kappa shape index (κ2) is 4.38. The lowest BCUT2D eigenvalue weighted by atomic mass is 9.90. The number of amides is 4. The van der Waals surface area contributed by atoms with E-state index >= 15 is 0 Å². The normalized spacial score (nSPS) is 29.8. The Morgan fingerprint density at radius 2 is 1.74 bits per heavy atom. The minimum atomic E-state index is -0.521. The molecule has 6 heteroatoms. The lowest BCUT2D eigenvalue weighted by molar-refractivity contribution is -0.138. The van der Waals surface area contributed by atoms with Crippen LogP contribution in [0.15, 0.2) is 46.1 Å². The van der Waals surface area contributed by atoms with E-state index in [9.17, 15) is 19.2 Å². The van der Waals surface area contributed by atoms with Gasteiger partial charge in [0.25, 0.3) is 17.7 Å². The van der Waals surface area contributed by atoms with E-state index < -0.39 is 5.92 Å². The van der Waals surface area contributed by atoms with Crippen LogP contribution in [0.5, 0.6) is 0 Å². The first-order valence-electron chi connectivity index (χ1n) is 7.25. The Hall–Kier alpha value is -2.76. The molecule has 23 heavy (non-hydrogen) atoms. The van der Waals surface area contributed by atoms with E-state index in [0.29, 0.717) is 23.1 Å². The van der Waals surface area contributed by atoms with Crippen molar-refractivity contribution < 1.29 is 19.2 Å². The molecule has 2 aliphatic heterocycles. The maximum atomic E-state index is 12.1. The molecule has 4 aliphatic rings. The zero-order chi connectivity index (χ0) is 16.5. The van der Waals surface area contributed by atoms with Gasteiger partial charge < -0.3 is 0 Å². The molecule has 4 amide bonds. The number of carbonyl (C=O) groups is 4. The van der Waals surface area contributed by atoms with Crippen LogP contribution in [-0.4, -0.2) is 47.5 Å². The topological polar surface area (TPSA) is 74.8 Å². The summed E-state index contributed by atoms with van der Waals surface area (Å²) in [5.41, 5.74) is 2.96. The molecule has 1 saturated heterocycles. The minimum Gasteiger partial charge on any atom is -0.281 e. The SMILES string of the molecule is CN1C(=O)C2=C(C/C(=C3/C=CC4C(=O)N(C)C(=O)C4=C3)[CH]2)C1=O. The molecule has 0 aromatic heterocycles. The molecule has 0 bridgehead atoms. The number of carbonyl (C=O) groups excluding carboxylic acids is 4. The number of rotatable bonds is 0.